The van der Waals surface area contributed by atoms with Gasteiger partial charge in [-0.15, -0.1) is 0 Å². The lowest BCUT2D eigenvalue weighted by Crippen LogP contribution is -2.30. The molecule has 0 radical (unpaired) electrons. The molecule has 164 valence electrons. The molecule has 4 N–H and O–H groups in total. The quantitative estimate of drug-likeness (QED) is 0.191. The number of hydrogen-bond donors (Lipinski definition) is 3. The first kappa shape index (κ1) is 26.6. The van der Waals surface area contributed by atoms with Crippen LogP contribution in [-0.4, -0.2) is 29.6 Å². The lowest BCUT2D eigenvalue weighted by Gasteiger charge is -2.07. The predicted octanol–water partition coefficient (Wildman–Crippen LogP) is 5.33. The Labute approximate surface area is 172 Å². The molecule has 0 aliphatic rings. The molecule has 0 bridgehead atoms. The molecule has 0 saturated heterocycles. The number of carboxylic acids is 1. The molecule has 0 fully saturated rings. The molecule has 0 heterocycles. The van der Waals surface area contributed by atoms with Gasteiger partial charge in [0.2, 0.25) is 5.91 Å². The van der Waals surface area contributed by atoms with Crippen molar-refractivity contribution < 1.29 is 14.7 Å². The van der Waals surface area contributed by atoms with Crippen LogP contribution in [0.5, 0.6) is 0 Å². The topological polar surface area (TPSA) is 92.4 Å². The Bertz CT molecular complexity index is 411. The van der Waals surface area contributed by atoms with Crippen molar-refractivity contribution in [1.29, 1.82) is 0 Å². The van der Waals surface area contributed by atoms with Crippen LogP contribution in [0, 0.1) is 0 Å². The number of rotatable bonds is 20. The molecule has 1 atom stereocenters. The Hall–Kier alpha value is -1.36. The monoisotopic (exact) mass is 396 g/mol. The molecule has 0 aromatic heterocycles. The molecule has 0 aliphatic carbocycles. The van der Waals surface area contributed by atoms with Crippen molar-refractivity contribution in [2.45, 2.75) is 116 Å². The van der Waals surface area contributed by atoms with Crippen molar-refractivity contribution in [1.82, 2.24) is 5.32 Å². The van der Waals surface area contributed by atoms with Crippen LogP contribution in [0.1, 0.15) is 110 Å². The van der Waals surface area contributed by atoms with Gasteiger partial charge in [-0.05, 0) is 44.9 Å². The van der Waals surface area contributed by atoms with Crippen LogP contribution in [0.3, 0.4) is 0 Å². The third-order valence-electron chi connectivity index (χ3n) is 5.00. The summed E-state index contributed by atoms with van der Waals surface area (Å²) in [5.41, 5.74) is 5.44. The second-order valence-electron chi connectivity index (χ2n) is 7.77. The van der Waals surface area contributed by atoms with E-state index in [0.29, 0.717) is 19.4 Å². The van der Waals surface area contributed by atoms with Gasteiger partial charge in [-0.25, -0.2) is 0 Å². The summed E-state index contributed by atoms with van der Waals surface area (Å²) >= 11 is 0. The number of amides is 1. The zero-order chi connectivity index (χ0) is 20.9. The summed E-state index contributed by atoms with van der Waals surface area (Å²) in [6.45, 7) is 2.84. The van der Waals surface area contributed by atoms with Crippen molar-refractivity contribution in [3.63, 3.8) is 0 Å². The fourth-order valence-corrected chi connectivity index (χ4v) is 3.10. The van der Waals surface area contributed by atoms with Gasteiger partial charge >= 0.3 is 5.97 Å². The van der Waals surface area contributed by atoms with Gasteiger partial charge < -0.3 is 16.2 Å². The lowest BCUT2D eigenvalue weighted by molar-refractivity contribution is -0.138. The zero-order valence-corrected chi connectivity index (χ0v) is 18.1. The number of aliphatic carboxylic acids is 1. The second kappa shape index (κ2) is 20.4. The Kier molecular flexibility index (Phi) is 19.4. The zero-order valence-electron chi connectivity index (χ0n) is 18.1. The average molecular weight is 397 g/mol. The van der Waals surface area contributed by atoms with Gasteiger partial charge in [0.05, 0.1) is 0 Å². The van der Waals surface area contributed by atoms with Crippen LogP contribution in [-0.2, 0) is 9.59 Å². The summed E-state index contributed by atoms with van der Waals surface area (Å²) in [7, 11) is 0. The maximum absolute atomic E-state index is 11.7. The van der Waals surface area contributed by atoms with E-state index in [-0.39, 0.29) is 5.91 Å². The maximum Gasteiger partial charge on any atom is 0.320 e. The number of carboxylic acid groups (broad SMARTS) is 1. The van der Waals surface area contributed by atoms with Gasteiger partial charge in [-0.2, -0.15) is 0 Å². The van der Waals surface area contributed by atoms with Gasteiger partial charge in [0.25, 0.3) is 0 Å². The smallest absolute Gasteiger partial charge is 0.320 e. The van der Waals surface area contributed by atoms with Crippen LogP contribution >= 0.6 is 0 Å². The first-order valence-electron chi connectivity index (χ1n) is 11.5. The Morgan fingerprint density at radius 3 is 2.04 bits per heavy atom. The second-order valence-corrected chi connectivity index (χ2v) is 7.77. The van der Waals surface area contributed by atoms with E-state index in [1.165, 1.54) is 64.2 Å². The van der Waals surface area contributed by atoms with E-state index in [2.05, 4.69) is 24.4 Å². The maximum atomic E-state index is 11.7. The van der Waals surface area contributed by atoms with Gasteiger partial charge in [-0.1, -0.05) is 70.4 Å². The number of carbonyl (C=O) groups excluding carboxylic acids is 1. The number of allylic oxidation sites excluding steroid dienone is 2. The molecular weight excluding hydrogens is 352 g/mol. The van der Waals surface area contributed by atoms with E-state index in [1.807, 2.05) is 0 Å². The molecule has 28 heavy (non-hydrogen) atoms. The number of nitrogens with two attached hydrogens (primary N) is 1. The molecule has 0 aromatic rings. The summed E-state index contributed by atoms with van der Waals surface area (Å²) in [5, 5.41) is 11.6. The van der Waals surface area contributed by atoms with E-state index in [0.717, 1.165) is 25.7 Å². The summed E-state index contributed by atoms with van der Waals surface area (Å²) in [6, 6.07) is -0.789. The van der Waals surface area contributed by atoms with Gasteiger partial charge in [-0.3, -0.25) is 9.59 Å². The fourth-order valence-electron chi connectivity index (χ4n) is 3.10. The predicted molar refractivity (Wildman–Crippen MR) is 117 cm³/mol. The molecule has 0 unspecified atom stereocenters. The first-order chi connectivity index (χ1) is 13.6. The van der Waals surface area contributed by atoms with Crippen LogP contribution in [0.4, 0.5) is 0 Å². The van der Waals surface area contributed by atoms with Gasteiger partial charge in [0, 0.05) is 13.0 Å². The highest BCUT2D eigenvalue weighted by Crippen LogP contribution is 2.11. The highest BCUT2D eigenvalue weighted by molar-refractivity contribution is 5.75. The van der Waals surface area contributed by atoms with E-state index < -0.39 is 12.0 Å². The van der Waals surface area contributed by atoms with E-state index in [9.17, 15) is 9.59 Å². The molecule has 1 amide bonds. The van der Waals surface area contributed by atoms with E-state index >= 15 is 0 Å². The van der Waals surface area contributed by atoms with Crippen LogP contribution in [0.2, 0.25) is 0 Å². The molecule has 0 spiro atoms. The standard InChI is InChI=1S/C23H44N2O3/c1-2-3-4-5-6-7-8-9-10-11-12-13-14-15-19-22(26)25-20-17-16-18-21(24)23(27)28/h5-6,21H,2-4,7-20,24H2,1H3,(H,25,26)(H,27,28)/b6-5+/t21-/m0/s1. The molecule has 0 aromatic carbocycles. The third kappa shape index (κ3) is 19.4. The summed E-state index contributed by atoms with van der Waals surface area (Å²) < 4.78 is 0. The van der Waals surface area contributed by atoms with Crippen LogP contribution in [0.25, 0.3) is 0 Å². The van der Waals surface area contributed by atoms with Crippen molar-refractivity contribution >= 4 is 11.9 Å². The van der Waals surface area contributed by atoms with Gasteiger partial charge in [0.1, 0.15) is 6.04 Å². The summed E-state index contributed by atoms with van der Waals surface area (Å²) in [6.07, 6.45) is 22.1. The molecule has 0 rings (SSSR count). The Morgan fingerprint density at radius 1 is 0.857 bits per heavy atom. The summed E-state index contributed by atoms with van der Waals surface area (Å²) in [4.78, 5) is 22.3. The SMILES string of the molecule is CCCC/C=C/CCCCCCCCCCC(=O)NCCCC[C@H](N)C(=O)O. The minimum atomic E-state index is -0.959. The van der Waals surface area contributed by atoms with Crippen molar-refractivity contribution in [2.75, 3.05) is 6.54 Å². The largest absolute Gasteiger partial charge is 0.480 e. The Balaban J connectivity index is 3.26. The highest BCUT2D eigenvalue weighted by Gasteiger charge is 2.10. The minimum Gasteiger partial charge on any atom is -0.480 e. The van der Waals surface area contributed by atoms with Crippen molar-refractivity contribution in [3.05, 3.63) is 12.2 Å². The number of hydrogen-bond acceptors (Lipinski definition) is 3. The minimum absolute atomic E-state index is 0.106. The number of nitrogens with one attached hydrogen (secondary N) is 1. The average Bonchev–Trinajstić information content (AvgIpc) is 2.67. The van der Waals surface area contributed by atoms with Gasteiger partial charge in [0.15, 0.2) is 0 Å². The van der Waals surface area contributed by atoms with Crippen molar-refractivity contribution in [3.8, 4) is 0 Å². The van der Waals surface area contributed by atoms with Crippen molar-refractivity contribution in [2.24, 2.45) is 5.73 Å². The Morgan fingerprint density at radius 2 is 1.43 bits per heavy atom. The first-order valence-corrected chi connectivity index (χ1v) is 11.5. The summed E-state index contributed by atoms with van der Waals surface area (Å²) in [5.74, 6) is -0.853. The molecule has 5 heteroatoms. The molecule has 5 nitrogen and oxygen atoms in total. The number of unbranched alkanes of at least 4 members (excludes halogenated alkanes) is 11. The normalized spacial score (nSPS) is 12.4. The molecular formula is C23H44N2O3. The third-order valence-corrected chi connectivity index (χ3v) is 5.00. The van der Waals surface area contributed by atoms with E-state index in [1.54, 1.807) is 0 Å². The lowest BCUT2D eigenvalue weighted by atomic mass is 10.1. The van der Waals surface area contributed by atoms with E-state index in [4.69, 9.17) is 10.8 Å². The molecule has 0 aliphatic heterocycles. The van der Waals surface area contributed by atoms with Crippen LogP contribution < -0.4 is 11.1 Å². The molecule has 0 saturated carbocycles. The fraction of sp³-hybridized carbons (Fsp3) is 0.826. The highest BCUT2D eigenvalue weighted by atomic mass is 16.4. The number of carbonyl (C=O) groups is 2. The van der Waals surface area contributed by atoms with Crippen LogP contribution in [0.15, 0.2) is 12.2 Å².